The third-order valence-electron chi connectivity index (χ3n) is 4.98. The summed E-state index contributed by atoms with van der Waals surface area (Å²) in [5.41, 5.74) is 5.73. The van der Waals surface area contributed by atoms with Gasteiger partial charge in [-0.3, -0.25) is 4.79 Å². The summed E-state index contributed by atoms with van der Waals surface area (Å²) < 4.78 is 5.17. The fourth-order valence-corrected chi connectivity index (χ4v) is 3.52. The molecule has 0 saturated heterocycles. The fraction of sp³-hybridized carbons (Fsp3) is 0.120. The van der Waals surface area contributed by atoms with Crippen molar-refractivity contribution < 1.29 is 9.53 Å². The van der Waals surface area contributed by atoms with Crippen LogP contribution in [-0.4, -0.2) is 18.1 Å². The summed E-state index contributed by atoms with van der Waals surface area (Å²) in [7, 11) is 1.43. The lowest BCUT2D eigenvalue weighted by Crippen LogP contribution is -2.16. The Balaban J connectivity index is 1.98. The third-order valence-corrected chi connectivity index (χ3v) is 4.98. The zero-order chi connectivity index (χ0) is 19.5. The second-order valence-corrected chi connectivity index (χ2v) is 6.85. The quantitative estimate of drug-likeness (QED) is 0.446. The van der Waals surface area contributed by atoms with Gasteiger partial charge in [0.1, 0.15) is 5.92 Å². The van der Waals surface area contributed by atoms with Crippen LogP contribution in [-0.2, 0) is 9.53 Å². The molecule has 0 saturated carbocycles. The Kier molecular flexibility index (Phi) is 4.90. The maximum Gasteiger partial charge on any atom is 0.317 e. The predicted octanol–water partition coefficient (Wildman–Crippen LogP) is 5.52. The molecule has 28 heavy (non-hydrogen) atoms. The highest BCUT2D eigenvalue weighted by molar-refractivity contribution is 5.93. The summed E-state index contributed by atoms with van der Waals surface area (Å²) in [6, 6.07) is 28.0. The zero-order valence-corrected chi connectivity index (χ0v) is 15.9. The summed E-state index contributed by atoms with van der Waals surface area (Å²) >= 11 is 0. The second-order valence-electron chi connectivity index (χ2n) is 6.85. The number of esters is 1. The van der Waals surface area contributed by atoms with Gasteiger partial charge < -0.3 is 4.74 Å². The first-order valence-corrected chi connectivity index (χ1v) is 9.27. The Labute approximate surface area is 164 Å². The van der Waals surface area contributed by atoms with Crippen LogP contribution in [0.25, 0.3) is 22.2 Å². The van der Waals surface area contributed by atoms with Crippen molar-refractivity contribution in [3.8, 4) is 11.3 Å². The number of nitrogens with zero attached hydrogens (tertiary/aromatic N) is 1. The lowest BCUT2D eigenvalue weighted by atomic mass is 9.88. The van der Waals surface area contributed by atoms with Gasteiger partial charge in [-0.05, 0) is 30.2 Å². The van der Waals surface area contributed by atoms with E-state index in [2.05, 4.69) is 31.2 Å². The Hall–Kier alpha value is -3.46. The molecular formula is C25H21NO2. The van der Waals surface area contributed by atoms with Crippen molar-refractivity contribution in [2.24, 2.45) is 0 Å². The predicted molar refractivity (Wildman–Crippen MR) is 112 cm³/mol. The maximum absolute atomic E-state index is 12.8. The first-order chi connectivity index (χ1) is 13.7. The molecule has 0 radical (unpaired) electrons. The molecule has 0 aliphatic heterocycles. The van der Waals surface area contributed by atoms with Crippen molar-refractivity contribution in [2.75, 3.05) is 7.11 Å². The molecule has 138 valence electrons. The number of aromatic nitrogens is 1. The molecule has 3 heteroatoms. The van der Waals surface area contributed by atoms with Crippen molar-refractivity contribution in [2.45, 2.75) is 12.8 Å². The molecule has 4 aromatic rings. The van der Waals surface area contributed by atoms with Gasteiger partial charge in [-0.2, -0.15) is 0 Å². The number of carbonyl (C=O) groups excluding carboxylic acids is 1. The summed E-state index contributed by atoms with van der Waals surface area (Å²) in [5.74, 6) is -0.791. The number of rotatable bonds is 4. The first kappa shape index (κ1) is 17.9. The summed E-state index contributed by atoms with van der Waals surface area (Å²) in [6.07, 6.45) is 0. The van der Waals surface area contributed by atoms with Gasteiger partial charge >= 0.3 is 5.97 Å². The molecule has 0 spiro atoms. The number of hydrogen-bond donors (Lipinski definition) is 0. The molecule has 1 heterocycles. The molecule has 1 atom stereocenters. The van der Waals surface area contributed by atoms with Crippen molar-refractivity contribution in [3.05, 3.63) is 102 Å². The minimum atomic E-state index is -0.511. The number of hydrogen-bond acceptors (Lipinski definition) is 3. The first-order valence-electron chi connectivity index (χ1n) is 9.27. The number of pyridine rings is 1. The number of para-hydroxylation sites is 1. The minimum absolute atomic E-state index is 0.280. The van der Waals surface area contributed by atoms with Gasteiger partial charge in [0.05, 0.1) is 18.3 Å². The molecule has 0 amide bonds. The van der Waals surface area contributed by atoms with Crippen molar-refractivity contribution in [3.63, 3.8) is 0 Å². The van der Waals surface area contributed by atoms with Gasteiger partial charge in [0.25, 0.3) is 0 Å². The fourth-order valence-electron chi connectivity index (χ4n) is 3.52. The molecule has 0 bridgehead atoms. The average molecular weight is 367 g/mol. The molecule has 0 N–H and O–H groups in total. The molecule has 1 unspecified atom stereocenters. The van der Waals surface area contributed by atoms with E-state index in [-0.39, 0.29) is 5.97 Å². The molecule has 1 aromatic heterocycles. The van der Waals surface area contributed by atoms with Crippen LogP contribution in [0.3, 0.4) is 0 Å². The number of methoxy groups -OCH3 is 1. The Bertz CT molecular complexity index is 1120. The number of aryl methyl sites for hydroxylation is 1. The van der Waals surface area contributed by atoms with E-state index in [1.165, 1.54) is 12.7 Å². The standard InChI is InChI=1S/C25H21NO2/c1-17-12-14-18(15-13-17)23-16-21(20-10-6-7-11-22(20)26-23)24(25(27)28-2)19-8-4-3-5-9-19/h3-16,24H,1-2H3. The highest BCUT2D eigenvalue weighted by Crippen LogP contribution is 2.34. The third kappa shape index (κ3) is 3.39. The topological polar surface area (TPSA) is 39.2 Å². The largest absolute Gasteiger partial charge is 0.468 e. The second kappa shape index (κ2) is 7.65. The van der Waals surface area contributed by atoms with Gasteiger partial charge in [-0.15, -0.1) is 0 Å². The van der Waals surface area contributed by atoms with Crippen molar-refractivity contribution in [1.29, 1.82) is 0 Å². The number of carbonyl (C=O) groups is 1. The van der Waals surface area contributed by atoms with E-state index in [0.717, 1.165) is 33.3 Å². The van der Waals surface area contributed by atoms with Crippen LogP contribution in [0.1, 0.15) is 22.6 Å². The van der Waals surface area contributed by atoms with Crippen LogP contribution < -0.4 is 0 Å². The van der Waals surface area contributed by atoms with Crippen LogP contribution >= 0.6 is 0 Å². The van der Waals surface area contributed by atoms with Gasteiger partial charge in [0.2, 0.25) is 0 Å². The van der Waals surface area contributed by atoms with E-state index in [0.29, 0.717) is 0 Å². The molecule has 4 rings (SSSR count). The van der Waals surface area contributed by atoms with E-state index < -0.39 is 5.92 Å². The summed E-state index contributed by atoms with van der Waals surface area (Å²) in [6.45, 7) is 2.06. The number of benzene rings is 3. The molecule has 3 nitrogen and oxygen atoms in total. The molecular weight excluding hydrogens is 346 g/mol. The Morgan fingerprint density at radius 1 is 0.893 bits per heavy atom. The van der Waals surface area contributed by atoms with Crippen LogP contribution in [0.15, 0.2) is 84.9 Å². The molecule has 3 aromatic carbocycles. The van der Waals surface area contributed by atoms with Crippen LogP contribution in [0.4, 0.5) is 0 Å². The maximum atomic E-state index is 12.8. The van der Waals surface area contributed by atoms with Gasteiger partial charge in [0, 0.05) is 10.9 Å². The number of ether oxygens (including phenoxy) is 1. The van der Waals surface area contributed by atoms with E-state index in [4.69, 9.17) is 9.72 Å². The van der Waals surface area contributed by atoms with E-state index in [9.17, 15) is 4.79 Å². The van der Waals surface area contributed by atoms with Crippen LogP contribution in [0, 0.1) is 6.92 Å². The highest BCUT2D eigenvalue weighted by atomic mass is 16.5. The van der Waals surface area contributed by atoms with Gasteiger partial charge in [-0.1, -0.05) is 78.4 Å². The normalized spacial score (nSPS) is 11.9. The van der Waals surface area contributed by atoms with E-state index in [1.54, 1.807) is 0 Å². The lowest BCUT2D eigenvalue weighted by Gasteiger charge is -2.19. The average Bonchev–Trinajstić information content (AvgIpc) is 2.75. The monoisotopic (exact) mass is 367 g/mol. The molecule has 0 fully saturated rings. The summed E-state index contributed by atoms with van der Waals surface area (Å²) in [4.78, 5) is 17.7. The molecule has 0 aliphatic rings. The van der Waals surface area contributed by atoms with Crippen LogP contribution in [0.5, 0.6) is 0 Å². The van der Waals surface area contributed by atoms with Crippen molar-refractivity contribution in [1.82, 2.24) is 4.98 Å². The SMILES string of the molecule is COC(=O)C(c1ccccc1)c1cc(-c2ccc(C)cc2)nc2ccccc12. The Morgan fingerprint density at radius 2 is 1.57 bits per heavy atom. The Morgan fingerprint density at radius 3 is 2.29 bits per heavy atom. The minimum Gasteiger partial charge on any atom is -0.468 e. The lowest BCUT2D eigenvalue weighted by molar-refractivity contribution is -0.141. The van der Waals surface area contributed by atoms with Gasteiger partial charge in [0.15, 0.2) is 0 Å². The number of fused-ring (bicyclic) bond motifs is 1. The van der Waals surface area contributed by atoms with Gasteiger partial charge in [-0.25, -0.2) is 4.98 Å². The van der Waals surface area contributed by atoms with E-state index in [1.807, 2.05) is 60.7 Å². The molecule has 0 aliphatic carbocycles. The summed E-state index contributed by atoms with van der Waals surface area (Å²) in [5, 5.41) is 0.956. The van der Waals surface area contributed by atoms with Crippen molar-refractivity contribution >= 4 is 16.9 Å². The van der Waals surface area contributed by atoms with Crippen LogP contribution in [0.2, 0.25) is 0 Å². The smallest absolute Gasteiger partial charge is 0.317 e. The highest BCUT2D eigenvalue weighted by Gasteiger charge is 2.26. The van der Waals surface area contributed by atoms with E-state index >= 15 is 0 Å². The zero-order valence-electron chi connectivity index (χ0n) is 15.9.